The first kappa shape index (κ1) is 19.6. The Morgan fingerprint density at radius 2 is 1.90 bits per heavy atom. The van der Waals surface area contributed by atoms with Gasteiger partial charge < -0.3 is 14.5 Å². The van der Waals surface area contributed by atoms with Crippen LogP contribution in [-0.2, 0) is 0 Å². The zero-order valence-electron chi connectivity index (χ0n) is 17.1. The summed E-state index contributed by atoms with van der Waals surface area (Å²) in [4.78, 5) is 27.5. The molecule has 1 aromatic carbocycles. The molecule has 1 amide bonds. The van der Waals surface area contributed by atoms with Crippen LogP contribution in [0, 0.1) is 13.8 Å². The number of carbonyl (C=O) groups is 1. The molecule has 1 aliphatic rings. The summed E-state index contributed by atoms with van der Waals surface area (Å²) in [6.07, 6.45) is 3.75. The molecule has 7 heteroatoms. The zero-order valence-corrected chi connectivity index (χ0v) is 18.0. The van der Waals surface area contributed by atoms with Crippen LogP contribution in [0.5, 0.6) is 5.75 Å². The molecule has 1 aliphatic heterocycles. The molecule has 0 saturated carbocycles. The van der Waals surface area contributed by atoms with E-state index >= 15 is 0 Å². The number of amides is 1. The molecule has 0 aliphatic carbocycles. The molecule has 3 heterocycles. The standard InChI is InChI=1S/C22H26N4O2S/c1-15-6-8-17(9-7-15)28-13-12-25(3)20-18-16(2)19(29-21(18)24-14-23-20)22(27)26-10-4-5-11-26/h6-9,14H,4-5,10-13H2,1-3H3. The zero-order chi connectivity index (χ0) is 20.4. The molecule has 6 nitrogen and oxygen atoms in total. The Morgan fingerprint density at radius 1 is 1.17 bits per heavy atom. The van der Waals surface area contributed by atoms with Crippen LogP contribution in [-0.4, -0.2) is 54.1 Å². The highest BCUT2D eigenvalue weighted by Crippen LogP contribution is 2.35. The van der Waals surface area contributed by atoms with E-state index in [-0.39, 0.29) is 5.91 Å². The second-order valence-electron chi connectivity index (χ2n) is 7.52. The topological polar surface area (TPSA) is 58.6 Å². The predicted octanol–water partition coefficient (Wildman–Crippen LogP) is 4.06. The number of benzene rings is 1. The summed E-state index contributed by atoms with van der Waals surface area (Å²) in [6.45, 7) is 7.00. The number of carbonyl (C=O) groups excluding carboxylic acids is 1. The first-order valence-corrected chi connectivity index (χ1v) is 10.8. The number of hydrogen-bond donors (Lipinski definition) is 0. The number of ether oxygens (including phenoxy) is 1. The highest BCUT2D eigenvalue weighted by atomic mass is 32.1. The van der Waals surface area contributed by atoms with Gasteiger partial charge in [-0.15, -0.1) is 11.3 Å². The average molecular weight is 411 g/mol. The number of likely N-dealkylation sites (tertiary alicyclic amines) is 1. The van der Waals surface area contributed by atoms with Crippen molar-refractivity contribution in [2.75, 3.05) is 38.2 Å². The quantitative estimate of drug-likeness (QED) is 0.613. The van der Waals surface area contributed by atoms with Gasteiger partial charge in [-0.25, -0.2) is 9.97 Å². The van der Waals surface area contributed by atoms with Crippen LogP contribution in [0.2, 0.25) is 0 Å². The summed E-state index contributed by atoms with van der Waals surface area (Å²) in [6, 6.07) is 8.05. The van der Waals surface area contributed by atoms with E-state index in [4.69, 9.17) is 4.74 Å². The van der Waals surface area contributed by atoms with Gasteiger partial charge in [0.05, 0.1) is 16.8 Å². The van der Waals surface area contributed by atoms with Crippen LogP contribution in [0.3, 0.4) is 0 Å². The highest BCUT2D eigenvalue weighted by Gasteiger charge is 2.26. The van der Waals surface area contributed by atoms with Crippen molar-refractivity contribution >= 4 is 33.3 Å². The number of likely N-dealkylation sites (N-methyl/N-ethyl adjacent to an activating group) is 1. The van der Waals surface area contributed by atoms with E-state index in [1.807, 2.05) is 43.1 Å². The summed E-state index contributed by atoms with van der Waals surface area (Å²) in [5.41, 5.74) is 2.19. The van der Waals surface area contributed by atoms with Gasteiger partial charge in [0.2, 0.25) is 0 Å². The third kappa shape index (κ3) is 4.05. The molecule has 0 unspecified atom stereocenters. The Labute approximate surface area is 175 Å². The molecule has 0 N–H and O–H groups in total. The summed E-state index contributed by atoms with van der Waals surface area (Å²) in [5, 5.41) is 0.970. The molecule has 2 aromatic heterocycles. The lowest BCUT2D eigenvalue weighted by atomic mass is 10.2. The monoisotopic (exact) mass is 410 g/mol. The van der Waals surface area contributed by atoms with Crippen LogP contribution in [0.4, 0.5) is 5.82 Å². The van der Waals surface area contributed by atoms with Crippen molar-refractivity contribution in [1.29, 1.82) is 0 Å². The van der Waals surface area contributed by atoms with Gasteiger partial charge in [-0.3, -0.25) is 4.79 Å². The largest absolute Gasteiger partial charge is 0.492 e. The lowest BCUT2D eigenvalue weighted by molar-refractivity contribution is 0.0797. The second-order valence-corrected chi connectivity index (χ2v) is 8.52. The van der Waals surface area contributed by atoms with Gasteiger partial charge in [0.1, 0.15) is 29.3 Å². The van der Waals surface area contributed by atoms with E-state index in [1.165, 1.54) is 16.9 Å². The van der Waals surface area contributed by atoms with Crippen molar-refractivity contribution in [2.24, 2.45) is 0 Å². The Balaban J connectivity index is 1.52. The van der Waals surface area contributed by atoms with E-state index in [0.717, 1.165) is 58.2 Å². The van der Waals surface area contributed by atoms with Crippen molar-refractivity contribution in [1.82, 2.24) is 14.9 Å². The van der Waals surface area contributed by atoms with Crippen molar-refractivity contribution in [3.63, 3.8) is 0 Å². The lowest BCUT2D eigenvalue weighted by Crippen LogP contribution is -2.27. The number of aryl methyl sites for hydroxylation is 2. The van der Waals surface area contributed by atoms with Gasteiger partial charge >= 0.3 is 0 Å². The second kappa shape index (κ2) is 8.37. The molecule has 4 rings (SSSR count). The molecular formula is C22H26N4O2S. The Bertz CT molecular complexity index is 1010. The number of thiophene rings is 1. The van der Waals surface area contributed by atoms with Crippen molar-refractivity contribution in [3.8, 4) is 5.75 Å². The Kier molecular flexibility index (Phi) is 5.67. The molecule has 29 heavy (non-hydrogen) atoms. The Hall–Kier alpha value is -2.67. The van der Waals surface area contributed by atoms with Gasteiger partial charge in [-0.2, -0.15) is 0 Å². The Morgan fingerprint density at radius 3 is 2.62 bits per heavy atom. The lowest BCUT2D eigenvalue weighted by Gasteiger charge is -2.19. The minimum Gasteiger partial charge on any atom is -0.492 e. The van der Waals surface area contributed by atoms with Gasteiger partial charge in [0.25, 0.3) is 5.91 Å². The van der Waals surface area contributed by atoms with E-state index in [2.05, 4.69) is 21.8 Å². The minimum absolute atomic E-state index is 0.124. The fraction of sp³-hybridized carbons (Fsp3) is 0.409. The number of fused-ring (bicyclic) bond motifs is 1. The SMILES string of the molecule is Cc1ccc(OCCN(C)c2ncnc3sc(C(=O)N4CCCC4)c(C)c23)cc1. The van der Waals surface area contributed by atoms with Gasteiger partial charge in [-0.05, 0) is 44.4 Å². The van der Waals surface area contributed by atoms with Gasteiger partial charge in [0.15, 0.2) is 0 Å². The number of hydrogen-bond acceptors (Lipinski definition) is 6. The molecule has 1 fully saturated rings. The van der Waals surface area contributed by atoms with Crippen LogP contribution in [0.1, 0.15) is 33.6 Å². The number of nitrogens with zero attached hydrogens (tertiary/aromatic N) is 4. The van der Waals surface area contributed by atoms with E-state index in [1.54, 1.807) is 6.33 Å². The molecule has 0 atom stereocenters. The smallest absolute Gasteiger partial charge is 0.264 e. The molecular weight excluding hydrogens is 384 g/mol. The van der Waals surface area contributed by atoms with Crippen molar-refractivity contribution in [3.05, 3.63) is 46.6 Å². The minimum atomic E-state index is 0.124. The van der Waals surface area contributed by atoms with Crippen LogP contribution in [0.25, 0.3) is 10.2 Å². The number of rotatable bonds is 6. The first-order valence-electron chi connectivity index (χ1n) is 9.98. The molecule has 0 bridgehead atoms. The highest BCUT2D eigenvalue weighted by molar-refractivity contribution is 7.20. The maximum Gasteiger partial charge on any atom is 0.264 e. The summed E-state index contributed by atoms with van der Waals surface area (Å²) in [7, 11) is 2.00. The number of anilines is 1. The number of aromatic nitrogens is 2. The fourth-order valence-corrected chi connectivity index (χ4v) is 4.76. The molecule has 1 saturated heterocycles. The normalized spacial score (nSPS) is 13.8. The fourth-order valence-electron chi connectivity index (χ4n) is 3.65. The molecule has 0 radical (unpaired) electrons. The maximum absolute atomic E-state index is 12.9. The average Bonchev–Trinajstić information content (AvgIpc) is 3.37. The van der Waals surface area contributed by atoms with Gasteiger partial charge in [-0.1, -0.05) is 17.7 Å². The molecule has 3 aromatic rings. The van der Waals surface area contributed by atoms with E-state index in [0.29, 0.717) is 13.2 Å². The third-order valence-corrected chi connectivity index (χ3v) is 6.56. The van der Waals surface area contributed by atoms with Crippen molar-refractivity contribution in [2.45, 2.75) is 26.7 Å². The van der Waals surface area contributed by atoms with Crippen LogP contribution in [0.15, 0.2) is 30.6 Å². The van der Waals surface area contributed by atoms with Crippen LogP contribution >= 0.6 is 11.3 Å². The van der Waals surface area contributed by atoms with Crippen LogP contribution < -0.4 is 9.64 Å². The summed E-state index contributed by atoms with van der Waals surface area (Å²) in [5.74, 6) is 1.83. The van der Waals surface area contributed by atoms with Crippen molar-refractivity contribution < 1.29 is 9.53 Å². The molecule has 0 spiro atoms. The predicted molar refractivity (Wildman–Crippen MR) is 117 cm³/mol. The van der Waals surface area contributed by atoms with E-state index in [9.17, 15) is 4.79 Å². The summed E-state index contributed by atoms with van der Waals surface area (Å²) < 4.78 is 5.86. The van der Waals surface area contributed by atoms with Gasteiger partial charge in [0, 0.05) is 20.1 Å². The van der Waals surface area contributed by atoms with E-state index < -0.39 is 0 Å². The maximum atomic E-state index is 12.9. The third-order valence-electron chi connectivity index (χ3n) is 5.37. The first-order chi connectivity index (χ1) is 14.0. The summed E-state index contributed by atoms with van der Waals surface area (Å²) >= 11 is 1.47. The molecule has 152 valence electrons.